The summed E-state index contributed by atoms with van der Waals surface area (Å²) in [5.74, 6) is 1.67. The first kappa shape index (κ1) is 17.2. The van der Waals surface area contributed by atoms with Gasteiger partial charge in [0.1, 0.15) is 5.82 Å². The maximum atomic E-state index is 12.8. The molecule has 0 fully saturated rings. The Morgan fingerprint density at radius 2 is 2.00 bits per heavy atom. The summed E-state index contributed by atoms with van der Waals surface area (Å²) >= 11 is 1.51. The lowest BCUT2D eigenvalue weighted by molar-refractivity contribution is -0.121. The van der Waals surface area contributed by atoms with Gasteiger partial charge < -0.3 is 4.57 Å². The molecule has 2 heterocycles. The van der Waals surface area contributed by atoms with Gasteiger partial charge in [0, 0.05) is 13.0 Å². The molecule has 5 nitrogen and oxygen atoms in total. The SMILES string of the molecule is CN(C)C(C(=O)CSc1nnc2n1CCCCC2)c1ccccc1. The minimum Gasteiger partial charge on any atom is -0.306 e. The normalized spacial score (nSPS) is 15.8. The Hall–Kier alpha value is -1.66. The topological polar surface area (TPSA) is 51.0 Å². The van der Waals surface area contributed by atoms with Gasteiger partial charge in [0.2, 0.25) is 0 Å². The van der Waals surface area contributed by atoms with E-state index in [0.29, 0.717) is 5.75 Å². The molecule has 1 aliphatic rings. The zero-order valence-corrected chi connectivity index (χ0v) is 15.1. The van der Waals surface area contributed by atoms with E-state index in [4.69, 9.17) is 0 Å². The van der Waals surface area contributed by atoms with Gasteiger partial charge in [-0.1, -0.05) is 48.5 Å². The van der Waals surface area contributed by atoms with Crippen molar-refractivity contribution < 1.29 is 4.79 Å². The molecule has 2 aromatic rings. The first-order valence-corrected chi connectivity index (χ1v) is 9.44. The number of thioether (sulfide) groups is 1. The molecule has 0 saturated heterocycles. The van der Waals surface area contributed by atoms with Crippen LogP contribution < -0.4 is 0 Å². The van der Waals surface area contributed by atoms with E-state index in [2.05, 4.69) is 14.8 Å². The molecule has 1 aromatic heterocycles. The van der Waals surface area contributed by atoms with Crippen molar-refractivity contribution in [1.29, 1.82) is 0 Å². The van der Waals surface area contributed by atoms with Crippen LogP contribution in [0.3, 0.4) is 0 Å². The van der Waals surface area contributed by atoms with Gasteiger partial charge in [0.05, 0.1) is 11.8 Å². The number of Topliss-reactive ketones (excluding diaryl/α,β-unsaturated/α-hetero) is 1. The third kappa shape index (κ3) is 3.87. The molecule has 6 heteroatoms. The monoisotopic (exact) mass is 344 g/mol. The molecule has 1 unspecified atom stereocenters. The summed E-state index contributed by atoms with van der Waals surface area (Å²) in [6.45, 7) is 0.967. The van der Waals surface area contributed by atoms with Crippen molar-refractivity contribution in [2.45, 2.75) is 43.4 Å². The molecule has 0 bridgehead atoms. The average molecular weight is 344 g/mol. The largest absolute Gasteiger partial charge is 0.306 e. The van der Waals surface area contributed by atoms with Crippen LogP contribution in [0, 0.1) is 0 Å². The van der Waals surface area contributed by atoms with Crippen molar-refractivity contribution in [2.24, 2.45) is 0 Å². The molecule has 3 rings (SSSR count). The third-order valence-corrected chi connectivity index (χ3v) is 5.34. The van der Waals surface area contributed by atoms with Crippen molar-refractivity contribution in [1.82, 2.24) is 19.7 Å². The molecule has 128 valence electrons. The van der Waals surface area contributed by atoms with Crippen LogP contribution in [0.25, 0.3) is 0 Å². The van der Waals surface area contributed by atoms with Crippen LogP contribution in [0.15, 0.2) is 35.5 Å². The second-order valence-electron chi connectivity index (χ2n) is 6.39. The fraction of sp³-hybridized carbons (Fsp3) is 0.500. The number of nitrogens with zero attached hydrogens (tertiary/aromatic N) is 4. The highest BCUT2D eigenvalue weighted by molar-refractivity contribution is 7.99. The average Bonchev–Trinajstić information content (AvgIpc) is 2.80. The van der Waals surface area contributed by atoms with E-state index >= 15 is 0 Å². The Morgan fingerprint density at radius 3 is 2.75 bits per heavy atom. The second-order valence-corrected chi connectivity index (χ2v) is 7.34. The van der Waals surface area contributed by atoms with E-state index in [1.165, 1.54) is 24.6 Å². The molecule has 0 amide bonds. The molecule has 0 aliphatic carbocycles. The van der Waals surface area contributed by atoms with Crippen LogP contribution in [-0.4, -0.2) is 45.3 Å². The fourth-order valence-electron chi connectivity index (χ4n) is 3.19. The zero-order chi connectivity index (χ0) is 16.9. The number of aromatic nitrogens is 3. The molecule has 1 atom stereocenters. The standard InChI is InChI=1S/C18H24N4OS/c1-21(2)17(14-9-5-3-6-10-14)15(23)13-24-18-20-19-16-11-7-4-8-12-22(16)18/h3,5-6,9-10,17H,4,7-8,11-13H2,1-2H3. The number of benzene rings is 1. The smallest absolute Gasteiger partial charge is 0.191 e. The minimum atomic E-state index is -0.217. The lowest BCUT2D eigenvalue weighted by Gasteiger charge is -2.23. The van der Waals surface area contributed by atoms with E-state index in [1.54, 1.807) is 0 Å². The molecule has 1 aliphatic heterocycles. The van der Waals surface area contributed by atoms with Gasteiger partial charge in [-0.25, -0.2) is 0 Å². The maximum absolute atomic E-state index is 12.8. The molecule has 0 spiro atoms. The number of likely N-dealkylation sites (N-methyl/N-ethyl adjacent to an activating group) is 1. The van der Waals surface area contributed by atoms with Gasteiger partial charge in [-0.3, -0.25) is 9.69 Å². The molecule has 1 aromatic carbocycles. The van der Waals surface area contributed by atoms with Crippen LogP contribution >= 0.6 is 11.8 Å². The van der Waals surface area contributed by atoms with Crippen molar-refractivity contribution in [2.75, 3.05) is 19.8 Å². The van der Waals surface area contributed by atoms with E-state index in [0.717, 1.165) is 35.9 Å². The number of fused-ring (bicyclic) bond motifs is 1. The Balaban J connectivity index is 1.69. The van der Waals surface area contributed by atoms with Crippen molar-refractivity contribution in [3.63, 3.8) is 0 Å². The van der Waals surface area contributed by atoms with Gasteiger partial charge in [0.25, 0.3) is 0 Å². The fourth-order valence-corrected chi connectivity index (χ4v) is 4.07. The van der Waals surface area contributed by atoms with E-state index in [-0.39, 0.29) is 11.8 Å². The molecule has 24 heavy (non-hydrogen) atoms. The third-order valence-electron chi connectivity index (χ3n) is 4.36. The van der Waals surface area contributed by atoms with Gasteiger partial charge in [-0.15, -0.1) is 10.2 Å². The molecule has 0 saturated carbocycles. The summed E-state index contributed by atoms with van der Waals surface area (Å²) in [6.07, 6.45) is 4.57. The Kier molecular flexibility index (Phi) is 5.68. The maximum Gasteiger partial charge on any atom is 0.191 e. The summed E-state index contributed by atoms with van der Waals surface area (Å²) in [5.41, 5.74) is 1.04. The van der Waals surface area contributed by atoms with Crippen molar-refractivity contribution in [3.8, 4) is 0 Å². The van der Waals surface area contributed by atoms with Gasteiger partial charge in [-0.05, 0) is 32.5 Å². The first-order valence-electron chi connectivity index (χ1n) is 8.46. The summed E-state index contributed by atoms with van der Waals surface area (Å²) in [5, 5.41) is 9.48. The van der Waals surface area contributed by atoms with Gasteiger partial charge in [0.15, 0.2) is 10.9 Å². The highest BCUT2D eigenvalue weighted by Crippen LogP contribution is 2.25. The lowest BCUT2D eigenvalue weighted by atomic mass is 10.0. The number of carbonyl (C=O) groups is 1. The summed E-state index contributed by atoms with van der Waals surface area (Å²) in [6, 6.07) is 9.73. The number of hydrogen-bond acceptors (Lipinski definition) is 5. The second kappa shape index (κ2) is 7.94. The van der Waals surface area contributed by atoms with Crippen LogP contribution in [0.4, 0.5) is 0 Å². The van der Waals surface area contributed by atoms with Gasteiger partial charge in [-0.2, -0.15) is 0 Å². The number of ketones is 1. The van der Waals surface area contributed by atoms with Crippen LogP contribution in [0.2, 0.25) is 0 Å². The summed E-state index contributed by atoms with van der Waals surface area (Å²) in [7, 11) is 3.90. The number of aryl methyl sites for hydroxylation is 1. The number of carbonyl (C=O) groups excluding carboxylic acids is 1. The zero-order valence-electron chi connectivity index (χ0n) is 14.3. The van der Waals surface area contributed by atoms with E-state index in [1.807, 2.05) is 49.3 Å². The van der Waals surface area contributed by atoms with Crippen LogP contribution in [0.5, 0.6) is 0 Å². The molecule has 0 N–H and O–H groups in total. The Morgan fingerprint density at radius 1 is 1.21 bits per heavy atom. The molecular formula is C18H24N4OS. The number of rotatable bonds is 6. The predicted molar refractivity (Wildman–Crippen MR) is 96.2 cm³/mol. The predicted octanol–water partition coefficient (Wildman–Crippen LogP) is 2.97. The van der Waals surface area contributed by atoms with Crippen LogP contribution in [0.1, 0.15) is 36.7 Å². The van der Waals surface area contributed by atoms with Gasteiger partial charge >= 0.3 is 0 Å². The van der Waals surface area contributed by atoms with Crippen molar-refractivity contribution >= 4 is 17.5 Å². The quantitative estimate of drug-likeness (QED) is 0.754. The Labute approximate surface area is 147 Å². The summed E-state index contributed by atoms with van der Waals surface area (Å²) in [4.78, 5) is 14.8. The summed E-state index contributed by atoms with van der Waals surface area (Å²) < 4.78 is 2.19. The highest BCUT2D eigenvalue weighted by Gasteiger charge is 2.24. The molecular weight excluding hydrogens is 320 g/mol. The number of hydrogen-bond donors (Lipinski definition) is 0. The minimum absolute atomic E-state index is 0.196. The van der Waals surface area contributed by atoms with Crippen molar-refractivity contribution in [3.05, 3.63) is 41.7 Å². The molecule has 0 radical (unpaired) electrons. The Bertz CT molecular complexity index is 684. The lowest BCUT2D eigenvalue weighted by Crippen LogP contribution is -2.29. The van der Waals surface area contributed by atoms with E-state index in [9.17, 15) is 4.79 Å². The first-order chi connectivity index (χ1) is 11.7. The van der Waals surface area contributed by atoms with E-state index < -0.39 is 0 Å². The highest BCUT2D eigenvalue weighted by atomic mass is 32.2. The van der Waals surface area contributed by atoms with Crippen LogP contribution in [-0.2, 0) is 17.8 Å².